The van der Waals surface area contributed by atoms with Crippen molar-refractivity contribution in [3.63, 3.8) is 0 Å². The van der Waals surface area contributed by atoms with Gasteiger partial charge in [-0.15, -0.1) is 0 Å². The van der Waals surface area contributed by atoms with Crippen LogP contribution < -0.4 is 14.8 Å². The molecule has 0 spiro atoms. The Bertz CT molecular complexity index is 663. The highest BCUT2D eigenvalue weighted by Gasteiger charge is 2.16. The second kappa shape index (κ2) is 7.72. The third-order valence-corrected chi connectivity index (χ3v) is 3.52. The molecule has 23 heavy (non-hydrogen) atoms. The fourth-order valence-corrected chi connectivity index (χ4v) is 2.32. The molecule has 1 unspecified atom stereocenters. The van der Waals surface area contributed by atoms with Gasteiger partial charge in [0, 0.05) is 0 Å². The van der Waals surface area contributed by atoms with E-state index in [2.05, 4.69) is 5.32 Å². The smallest absolute Gasteiger partial charge is 0.255 e. The summed E-state index contributed by atoms with van der Waals surface area (Å²) in [4.78, 5) is 12.3. The highest BCUT2D eigenvalue weighted by atomic mass is 16.5. The molecule has 1 N–H and O–H groups in total. The number of furan rings is 1. The van der Waals surface area contributed by atoms with Crippen LogP contribution in [0, 0.1) is 6.92 Å². The second-order valence-electron chi connectivity index (χ2n) is 5.16. The van der Waals surface area contributed by atoms with Crippen LogP contribution in [0.1, 0.15) is 48.5 Å². The van der Waals surface area contributed by atoms with Crippen molar-refractivity contribution in [3.05, 3.63) is 47.4 Å². The number of carbonyl (C=O) groups excluding carboxylic acids is 1. The van der Waals surface area contributed by atoms with E-state index in [0.29, 0.717) is 36.0 Å². The lowest BCUT2D eigenvalue weighted by Crippen LogP contribution is -2.26. The molecule has 1 heterocycles. The Morgan fingerprint density at radius 3 is 2.48 bits per heavy atom. The molecule has 1 atom stereocenters. The van der Waals surface area contributed by atoms with E-state index in [1.807, 2.05) is 39.0 Å². The van der Waals surface area contributed by atoms with Gasteiger partial charge < -0.3 is 19.2 Å². The molecule has 0 saturated carbocycles. The van der Waals surface area contributed by atoms with Gasteiger partial charge in [0.05, 0.1) is 31.1 Å². The first kappa shape index (κ1) is 16.9. The number of hydrogen-bond donors (Lipinski definition) is 1. The number of hydrogen-bond acceptors (Lipinski definition) is 4. The van der Waals surface area contributed by atoms with Gasteiger partial charge in [0.2, 0.25) is 0 Å². The Morgan fingerprint density at radius 1 is 1.17 bits per heavy atom. The molecule has 2 aromatic rings. The summed E-state index contributed by atoms with van der Waals surface area (Å²) < 4.78 is 16.3. The monoisotopic (exact) mass is 317 g/mol. The van der Waals surface area contributed by atoms with Crippen molar-refractivity contribution in [1.82, 2.24) is 5.32 Å². The van der Waals surface area contributed by atoms with Gasteiger partial charge in [-0.3, -0.25) is 4.79 Å². The van der Waals surface area contributed by atoms with Gasteiger partial charge in [-0.2, -0.15) is 0 Å². The number of rotatable bonds is 7. The van der Waals surface area contributed by atoms with E-state index < -0.39 is 0 Å². The topological polar surface area (TPSA) is 60.7 Å². The van der Waals surface area contributed by atoms with Crippen molar-refractivity contribution in [2.24, 2.45) is 0 Å². The molecular weight excluding hydrogens is 294 g/mol. The molecule has 5 nitrogen and oxygen atoms in total. The number of aryl methyl sites for hydroxylation is 1. The quantitative estimate of drug-likeness (QED) is 0.842. The fourth-order valence-electron chi connectivity index (χ4n) is 2.32. The van der Waals surface area contributed by atoms with Crippen LogP contribution in [0.3, 0.4) is 0 Å². The van der Waals surface area contributed by atoms with Crippen LogP contribution in [0.5, 0.6) is 11.5 Å². The van der Waals surface area contributed by atoms with Crippen molar-refractivity contribution < 1.29 is 18.7 Å². The first-order chi connectivity index (χ1) is 11.1. The number of carbonyl (C=O) groups is 1. The standard InChI is InChI=1S/C18H23NO4/c1-5-21-16-8-7-14(11-17(16)22-6-2)12(3)19-18(20)15-9-10-23-13(15)4/h7-12H,5-6H2,1-4H3,(H,19,20). The van der Waals surface area contributed by atoms with Crippen LogP contribution in [0.15, 0.2) is 34.9 Å². The lowest BCUT2D eigenvalue weighted by Gasteiger charge is -2.17. The van der Waals surface area contributed by atoms with Crippen LogP contribution in [0.4, 0.5) is 0 Å². The average molecular weight is 317 g/mol. The van der Waals surface area contributed by atoms with E-state index in [4.69, 9.17) is 13.9 Å². The summed E-state index contributed by atoms with van der Waals surface area (Å²) in [6.45, 7) is 8.68. The van der Waals surface area contributed by atoms with Gasteiger partial charge in [0.25, 0.3) is 5.91 Å². The summed E-state index contributed by atoms with van der Waals surface area (Å²) in [5, 5.41) is 2.96. The fraction of sp³-hybridized carbons (Fsp3) is 0.389. The minimum Gasteiger partial charge on any atom is -0.490 e. The normalized spacial score (nSPS) is 11.8. The van der Waals surface area contributed by atoms with E-state index in [9.17, 15) is 4.79 Å². The molecule has 0 radical (unpaired) electrons. The minimum atomic E-state index is -0.160. The Hall–Kier alpha value is -2.43. The second-order valence-corrected chi connectivity index (χ2v) is 5.16. The van der Waals surface area contributed by atoms with Crippen molar-refractivity contribution >= 4 is 5.91 Å². The van der Waals surface area contributed by atoms with Gasteiger partial charge in [-0.05, 0) is 51.5 Å². The lowest BCUT2D eigenvalue weighted by atomic mass is 10.1. The highest BCUT2D eigenvalue weighted by Crippen LogP contribution is 2.30. The van der Waals surface area contributed by atoms with Crippen LogP contribution in [-0.4, -0.2) is 19.1 Å². The van der Waals surface area contributed by atoms with E-state index in [1.54, 1.807) is 13.0 Å². The molecular formula is C18H23NO4. The van der Waals surface area contributed by atoms with Crippen molar-refractivity contribution in [2.45, 2.75) is 33.7 Å². The molecule has 124 valence electrons. The molecule has 0 saturated heterocycles. The zero-order valence-electron chi connectivity index (χ0n) is 14.0. The Balaban J connectivity index is 2.15. The van der Waals surface area contributed by atoms with Crippen LogP contribution in [0.2, 0.25) is 0 Å². The summed E-state index contributed by atoms with van der Waals surface area (Å²) in [5.41, 5.74) is 1.50. The van der Waals surface area contributed by atoms with Gasteiger partial charge >= 0.3 is 0 Å². The summed E-state index contributed by atoms with van der Waals surface area (Å²) >= 11 is 0. The van der Waals surface area contributed by atoms with Crippen molar-refractivity contribution in [1.29, 1.82) is 0 Å². The number of ether oxygens (including phenoxy) is 2. The van der Waals surface area contributed by atoms with Crippen LogP contribution in [0.25, 0.3) is 0 Å². The Labute approximate surface area is 136 Å². The van der Waals surface area contributed by atoms with Crippen LogP contribution in [-0.2, 0) is 0 Å². The number of amides is 1. The molecule has 1 aromatic heterocycles. The maximum absolute atomic E-state index is 12.3. The predicted octanol–water partition coefficient (Wildman–Crippen LogP) is 3.88. The highest BCUT2D eigenvalue weighted by molar-refractivity contribution is 5.95. The maximum atomic E-state index is 12.3. The van der Waals surface area contributed by atoms with Crippen molar-refractivity contribution in [2.75, 3.05) is 13.2 Å². The zero-order valence-corrected chi connectivity index (χ0v) is 14.0. The van der Waals surface area contributed by atoms with E-state index in [0.717, 1.165) is 5.56 Å². The Morgan fingerprint density at radius 2 is 1.87 bits per heavy atom. The van der Waals surface area contributed by atoms with E-state index in [1.165, 1.54) is 6.26 Å². The first-order valence-corrected chi connectivity index (χ1v) is 7.81. The minimum absolute atomic E-state index is 0.157. The molecule has 0 bridgehead atoms. The van der Waals surface area contributed by atoms with Crippen LogP contribution >= 0.6 is 0 Å². The van der Waals surface area contributed by atoms with Crippen molar-refractivity contribution in [3.8, 4) is 11.5 Å². The van der Waals surface area contributed by atoms with Gasteiger partial charge in [0.15, 0.2) is 11.5 Å². The van der Waals surface area contributed by atoms with E-state index in [-0.39, 0.29) is 11.9 Å². The third-order valence-electron chi connectivity index (χ3n) is 3.52. The average Bonchev–Trinajstić information content (AvgIpc) is 2.95. The summed E-state index contributed by atoms with van der Waals surface area (Å²) in [5.74, 6) is 1.85. The Kier molecular flexibility index (Phi) is 5.68. The molecule has 0 aliphatic carbocycles. The van der Waals surface area contributed by atoms with Gasteiger partial charge in [-0.1, -0.05) is 6.07 Å². The molecule has 1 aromatic carbocycles. The molecule has 0 aliphatic rings. The molecule has 2 rings (SSSR count). The molecule has 0 aliphatic heterocycles. The summed E-state index contributed by atoms with van der Waals surface area (Å²) in [6, 6.07) is 7.21. The van der Waals surface area contributed by atoms with E-state index >= 15 is 0 Å². The SMILES string of the molecule is CCOc1ccc(C(C)NC(=O)c2ccoc2C)cc1OCC. The molecule has 0 fully saturated rings. The summed E-state index contributed by atoms with van der Waals surface area (Å²) in [7, 11) is 0. The summed E-state index contributed by atoms with van der Waals surface area (Å²) in [6.07, 6.45) is 1.51. The first-order valence-electron chi connectivity index (χ1n) is 7.81. The number of nitrogens with one attached hydrogen (secondary N) is 1. The number of benzene rings is 1. The molecule has 1 amide bonds. The lowest BCUT2D eigenvalue weighted by molar-refractivity contribution is 0.0938. The maximum Gasteiger partial charge on any atom is 0.255 e. The zero-order chi connectivity index (χ0) is 16.8. The molecule has 5 heteroatoms. The van der Waals surface area contributed by atoms with Gasteiger partial charge in [0.1, 0.15) is 5.76 Å². The predicted molar refractivity (Wildman–Crippen MR) is 88.1 cm³/mol. The third kappa shape index (κ3) is 4.06. The largest absolute Gasteiger partial charge is 0.490 e. The van der Waals surface area contributed by atoms with Gasteiger partial charge in [-0.25, -0.2) is 0 Å².